The molecular weight excluding hydrogens is 392 g/mol. The number of para-hydroxylation sites is 1. The minimum Gasteiger partial charge on any atom is -0.495 e. The minimum atomic E-state index is -0.280. The zero-order valence-corrected chi connectivity index (χ0v) is 17.2. The fourth-order valence-electron chi connectivity index (χ4n) is 2.77. The first-order valence-electron chi connectivity index (χ1n) is 8.58. The smallest absolute Gasteiger partial charge is 0.276 e. The summed E-state index contributed by atoms with van der Waals surface area (Å²) in [6.07, 6.45) is 0. The summed E-state index contributed by atoms with van der Waals surface area (Å²) in [5.41, 5.74) is 4.25. The highest BCUT2D eigenvalue weighted by molar-refractivity contribution is 7.22. The lowest BCUT2D eigenvalue weighted by atomic mass is 10.2. The van der Waals surface area contributed by atoms with Gasteiger partial charge in [-0.2, -0.15) is 0 Å². The molecule has 4 rings (SSSR count). The van der Waals surface area contributed by atoms with Gasteiger partial charge in [-0.3, -0.25) is 10.1 Å². The summed E-state index contributed by atoms with van der Waals surface area (Å²) in [6, 6.07) is 11.8. The van der Waals surface area contributed by atoms with Crippen molar-refractivity contribution in [1.82, 2.24) is 9.97 Å². The molecular formula is C20H18N4O2S2. The van der Waals surface area contributed by atoms with Gasteiger partial charge in [0.05, 0.1) is 23.0 Å². The van der Waals surface area contributed by atoms with Crippen molar-refractivity contribution in [2.24, 2.45) is 0 Å². The second kappa shape index (κ2) is 7.57. The molecule has 0 radical (unpaired) electrons. The summed E-state index contributed by atoms with van der Waals surface area (Å²) in [7, 11) is 1.62. The standard InChI is InChI=1S/C20H18N4O2S2/c1-11-7-8-15(26-3)13(9-11)21-19-22-14(10-27-19)18(25)24-20-23-17-12(2)5-4-6-16(17)28-20/h4-10H,1-3H3,(H,21,22)(H,23,24,25). The molecule has 0 fully saturated rings. The number of aromatic nitrogens is 2. The molecule has 0 saturated heterocycles. The number of anilines is 3. The first-order chi connectivity index (χ1) is 13.5. The summed E-state index contributed by atoms with van der Waals surface area (Å²) in [5, 5.41) is 8.97. The maximum atomic E-state index is 12.6. The Kier molecular flexibility index (Phi) is 4.97. The van der Waals surface area contributed by atoms with Gasteiger partial charge in [0.1, 0.15) is 11.4 Å². The van der Waals surface area contributed by atoms with Gasteiger partial charge in [0, 0.05) is 5.38 Å². The van der Waals surface area contributed by atoms with Crippen molar-refractivity contribution in [1.29, 1.82) is 0 Å². The molecule has 2 aromatic heterocycles. The van der Waals surface area contributed by atoms with Gasteiger partial charge >= 0.3 is 0 Å². The number of hydrogen-bond acceptors (Lipinski definition) is 7. The first kappa shape index (κ1) is 18.4. The molecule has 1 amide bonds. The number of amides is 1. The van der Waals surface area contributed by atoms with Gasteiger partial charge in [-0.1, -0.05) is 29.5 Å². The predicted molar refractivity (Wildman–Crippen MR) is 115 cm³/mol. The van der Waals surface area contributed by atoms with E-state index in [1.54, 1.807) is 12.5 Å². The molecule has 0 aliphatic heterocycles. The van der Waals surface area contributed by atoms with Gasteiger partial charge in [0.25, 0.3) is 5.91 Å². The van der Waals surface area contributed by atoms with Crippen LogP contribution in [-0.2, 0) is 0 Å². The quantitative estimate of drug-likeness (QED) is 0.462. The number of thiazole rings is 2. The Morgan fingerprint density at radius 2 is 1.96 bits per heavy atom. The minimum absolute atomic E-state index is 0.280. The predicted octanol–water partition coefficient (Wildman–Crippen LogP) is 5.37. The molecule has 0 aliphatic carbocycles. The molecule has 0 bridgehead atoms. The molecule has 28 heavy (non-hydrogen) atoms. The topological polar surface area (TPSA) is 76.1 Å². The van der Waals surface area contributed by atoms with Crippen LogP contribution in [0.15, 0.2) is 41.8 Å². The SMILES string of the molecule is COc1ccc(C)cc1Nc1nc(C(=O)Nc2nc3c(C)cccc3s2)cs1. The Morgan fingerprint density at radius 1 is 1.11 bits per heavy atom. The normalized spacial score (nSPS) is 10.8. The van der Waals surface area contributed by atoms with E-state index in [0.717, 1.165) is 32.8 Å². The van der Waals surface area contributed by atoms with E-state index in [0.29, 0.717) is 16.0 Å². The monoisotopic (exact) mass is 410 g/mol. The Hall–Kier alpha value is -2.97. The third kappa shape index (κ3) is 3.69. The number of rotatable bonds is 5. The van der Waals surface area contributed by atoms with E-state index >= 15 is 0 Å². The van der Waals surface area contributed by atoms with E-state index in [-0.39, 0.29) is 5.91 Å². The molecule has 4 aromatic rings. The fraction of sp³-hybridized carbons (Fsp3) is 0.150. The number of carbonyl (C=O) groups is 1. The van der Waals surface area contributed by atoms with Crippen molar-refractivity contribution in [3.8, 4) is 5.75 Å². The number of aryl methyl sites for hydroxylation is 2. The number of methoxy groups -OCH3 is 1. The van der Waals surface area contributed by atoms with E-state index in [2.05, 4.69) is 20.6 Å². The summed E-state index contributed by atoms with van der Waals surface area (Å²) < 4.78 is 6.42. The van der Waals surface area contributed by atoms with Crippen LogP contribution in [0, 0.1) is 13.8 Å². The number of hydrogen-bond donors (Lipinski definition) is 2. The number of fused-ring (bicyclic) bond motifs is 1. The Labute approximate surface area is 170 Å². The van der Waals surface area contributed by atoms with Gasteiger partial charge in [0.15, 0.2) is 10.3 Å². The average Bonchev–Trinajstić information content (AvgIpc) is 3.29. The van der Waals surface area contributed by atoms with Crippen LogP contribution < -0.4 is 15.4 Å². The van der Waals surface area contributed by atoms with Gasteiger partial charge in [-0.15, -0.1) is 11.3 Å². The van der Waals surface area contributed by atoms with Crippen molar-refractivity contribution in [3.63, 3.8) is 0 Å². The van der Waals surface area contributed by atoms with E-state index in [4.69, 9.17) is 4.74 Å². The van der Waals surface area contributed by atoms with Crippen LogP contribution in [0.1, 0.15) is 21.6 Å². The summed E-state index contributed by atoms with van der Waals surface area (Å²) in [4.78, 5) is 21.5. The highest BCUT2D eigenvalue weighted by Gasteiger charge is 2.15. The second-order valence-corrected chi connectivity index (χ2v) is 8.15. The third-order valence-corrected chi connectivity index (χ3v) is 5.87. The van der Waals surface area contributed by atoms with Crippen LogP contribution >= 0.6 is 22.7 Å². The van der Waals surface area contributed by atoms with E-state index in [9.17, 15) is 4.79 Å². The lowest BCUT2D eigenvalue weighted by molar-refractivity contribution is 0.102. The number of carbonyl (C=O) groups excluding carboxylic acids is 1. The molecule has 0 aliphatic rings. The van der Waals surface area contributed by atoms with Crippen molar-refractivity contribution in [2.45, 2.75) is 13.8 Å². The van der Waals surface area contributed by atoms with Crippen LogP contribution in [0.25, 0.3) is 10.2 Å². The highest BCUT2D eigenvalue weighted by Crippen LogP contribution is 2.31. The van der Waals surface area contributed by atoms with Crippen LogP contribution in [0.4, 0.5) is 16.0 Å². The van der Waals surface area contributed by atoms with Gasteiger partial charge in [-0.25, -0.2) is 9.97 Å². The molecule has 2 aromatic carbocycles. The van der Waals surface area contributed by atoms with Gasteiger partial charge in [0.2, 0.25) is 0 Å². The maximum Gasteiger partial charge on any atom is 0.276 e. The first-order valence-corrected chi connectivity index (χ1v) is 10.3. The van der Waals surface area contributed by atoms with E-state index in [1.165, 1.54) is 22.7 Å². The molecule has 0 atom stereocenters. The maximum absolute atomic E-state index is 12.6. The fourth-order valence-corrected chi connectivity index (χ4v) is 4.41. The summed E-state index contributed by atoms with van der Waals surface area (Å²) >= 11 is 2.81. The lowest BCUT2D eigenvalue weighted by Gasteiger charge is -2.09. The summed E-state index contributed by atoms with van der Waals surface area (Å²) in [6.45, 7) is 4.01. The summed E-state index contributed by atoms with van der Waals surface area (Å²) in [5.74, 6) is 0.439. The van der Waals surface area contributed by atoms with Crippen LogP contribution in [0.3, 0.4) is 0 Å². The van der Waals surface area contributed by atoms with Crippen molar-refractivity contribution in [2.75, 3.05) is 17.7 Å². The second-order valence-electron chi connectivity index (χ2n) is 6.26. The number of nitrogens with zero attached hydrogens (tertiary/aromatic N) is 2. The molecule has 142 valence electrons. The van der Waals surface area contributed by atoms with Crippen LogP contribution in [-0.4, -0.2) is 23.0 Å². The molecule has 6 nitrogen and oxygen atoms in total. The Morgan fingerprint density at radius 3 is 2.75 bits per heavy atom. The number of nitrogens with one attached hydrogen (secondary N) is 2. The highest BCUT2D eigenvalue weighted by atomic mass is 32.1. The molecule has 0 saturated carbocycles. The lowest BCUT2D eigenvalue weighted by Crippen LogP contribution is -2.12. The molecule has 0 spiro atoms. The van der Waals surface area contributed by atoms with Crippen molar-refractivity contribution < 1.29 is 9.53 Å². The van der Waals surface area contributed by atoms with Gasteiger partial charge in [-0.05, 0) is 43.2 Å². The van der Waals surface area contributed by atoms with Crippen LogP contribution in [0.2, 0.25) is 0 Å². The van der Waals surface area contributed by atoms with E-state index in [1.807, 2.05) is 50.2 Å². The molecule has 2 heterocycles. The zero-order chi connectivity index (χ0) is 19.7. The third-order valence-electron chi connectivity index (χ3n) is 4.17. The number of benzene rings is 2. The van der Waals surface area contributed by atoms with Crippen molar-refractivity contribution in [3.05, 3.63) is 58.6 Å². The number of ether oxygens (including phenoxy) is 1. The molecule has 8 heteroatoms. The van der Waals surface area contributed by atoms with Gasteiger partial charge < -0.3 is 10.1 Å². The van der Waals surface area contributed by atoms with E-state index < -0.39 is 0 Å². The largest absolute Gasteiger partial charge is 0.495 e. The van der Waals surface area contributed by atoms with Crippen LogP contribution in [0.5, 0.6) is 5.75 Å². The Balaban J connectivity index is 1.51. The zero-order valence-electron chi connectivity index (χ0n) is 15.6. The Bertz CT molecular complexity index is 1170. The molecule has 2 N–H and O–H groups in total. The average molecular weight is 411 g/mol. The molecule has 0 unspecified atom stereocenters. The van der Waals surface area contributed by atoms with Crippen molar-refractivity contribution >= 4 is 54.7 Å².